The molecular weight excluding hydrogens is 318 g/mol. The first-order valence-electron chi connectivity index (χ1n) is 8.91. The molecule has 0 N–H and O–H groups in total. The molecule has 0 fully saturated rings. The van der Waals surface area contributed by atoms with Gasteiger partial charge < -0.3 is 0 Å². The minimum absolute atomic E-state index is 0.173. The lowest BCUT2D eigenvalue weighted by molar-refractivity contribution is 0.298. The molecule has 0 saturated heterocycles. The Hall–Kier alpha value is -1.09. The van der Waals surface area contributed by atoms with E-state index in [4.69, 9.17) is 0 Å². The van der Waals surface area contributed by atoms with Crippen molar-refractivity contribution >= 4 is 10.7 Å². The largest absolute Gasteiger partial charge is 0.290 e. The van der Waals surface area contributed by atoms with Crippen LogP contribution in [0.5, 0.6) is 0 Å². The predicted molar refractivity (Wildman–Crippen MR) is 106 cm³/mol. The van der Waals surface area contributed by atoms with E-state index in [1.807, 2.05) is 11.8 Å². The van der Waals surface area contributed by atoms with E-state index in [1.54, 1.807) is 0 Å². The van der Waals surface area contributed by atoms with Gasteiger partial charge in [-0.3, -0.25) is 4.90 Å². The molecule has 0 aliphatic carbocycles. The van der Waals surface area contributed by atoms with Crippen LogP contribution in [0.3, 0.4) is 0 Å². The third-order valence-electron chi connectivity index (χ3n) is 4.33. The number of hydrogen-bond donors (Lipinski definition) is 1. The Labute approximate surface area is 150 Å². The number of hydrogen-bond acceptors (Lipinski definition) is 3. The molecule has 0 amide bonds. The fourth-order valence-corrected chi connectivity index (χ4v) is 3.08. The molecular formula is C20H35NO2S. The second kappa shape index (κ2) is 13.2. The van der Waals surface area contributed by atoms with Gasteiger partial charge in [-0.2, -0.15) is 0 Å². The molecule has 0 aliphatic rings. The van der Waals surface area contributed by atoms with Gasteiger partial charge in [0.15, 0.2) is 10.7 Å². The molecule has 0 aromatic heterocycles. The van der Waals surface area contributed by atoms with Gasteiger partial charge >= 0.3 is 0 Å². The van der Waals surface area contributed by atoms with Crippen LogP contribution < -0.4 is 0 Å². The molecule has 0 heterocycles. The first kappa shape index (κ1) is 22.9. The van der Waals surface area contributed by atoms with E-state index < -0.39 is 10.7 Å². The van der Waals surface area contributed by atoms with E-state index in [0.29, 0.717) is 11.8 Å². The van der Waals surface area contributed by atoms with Crippen LogP contribution in [0.15, 0.2) is 41.7 Å². The average Bonchev–Trinajstić information content (AvgIpc) is 2.55. The van der Waals surface area contributed by atoms with Crippen molar-refractivity contribution in [3.63, 3.8) is 0 Å². The van der Waals surface area contributed by atoms with E-state index in [-0.39, 0.29) is 5.88 Å². The minimum atomic E-state index is -2.34. The third kappa shape index (κ3) is 10.6. The zero-order valence-electron chi connectivity index (χ0n) is 16.0. The van der Waals surface area contributed by atoms with Crippen LogP contribution in [0.4, 0.5) is 0 Å². The third-order valence-corrected chi connectivity index (χ3v) is 4.96. The van der Waals surface area contributed by atoms with Crippen molar-refractivity contribution in [2.24, 2.45) is 11.8 Å². The molecule has 0 spiro atoms. The summed E-state index contributed by atoms with van der Waals surface area (Å²) in [5.41, 5.74) is 5.31. The van der Waals surface area contributed by atoms with Crippen LogP contribution in [0.25, 0.3) is 0 Å². The number of thiol groups is 1. The van der Waals surface area contributed by atoms with Crippen molar-refractivity contribution in [2.45, 2.75) is 53.9 Å². The Morgan fingerprint density at radius 2 is 1.92 bits per heavy atom. The average molecular weight is 354 g/mol. The molecule has 4 heteroatoms. The van der Waals surface area contributed by atoms with Crippen LogP contribution in [0.2, 0.25) is 0 Å². The molecule has 0 bridgehead atoms. The summed E-state index contributed by atoms with van der Waals surface area (Å²) in [6.07, 6.45) is 9.63. The van der Waals surface area contributed by atoms with Crippen LogP contribution >= 0.6 is 0 Å². The van der Waals surface area contributed by atoms with Crippen LogP contribution in [0.1, 0.15) is 53.9 Å². The molecule has 0 aromatic carbocycles. The van der Waals surface area contributed by atoms with Gasteiger partial charge in [-0.15, -0.1) is 5.73 Å². The highest BCUT2D eigenvalue weighted by molar-refractivity contribution is 7.72. The van der Waals surface area contributed by atoms with Crippen LogP contribution in [-0.4, -0.2) is 32.3 Å². The predicted octanol–water partition coefficient (Wildman–Crippen LogP) is 4.55. The summed E-state index contributed by atoms with van der Waals surface area (Å²) in [5.74, 6) is 1.04. The minimum Gasteiger partial charge on any atom is -0.290 e. The van der Waals surface area contributed by atoms with Gasteiger partial charge in [0.2, 0.25) is 0 Å². The second-order valence-electron chi connectivity index (χ2n) is 6.48. The quantitative estimate of drug-likeness (QED) is 0.242. The van der Waals surface area contributed by atoms with Gasteiger partial charge in [0.25, 0.3) is 0 Å². The van der Waals surface area contributed by atoms with Crippen molar-refractivity contribution in [3.8, 4) is 0 Å². The smallest absolute Gasteiger partial charge is 0.153 e. The molecule has 0 radical (unpaired) electrons. The molecule has 24 heavy (non-hydrogen) atoms. The topological polar surface area (TPSA) is 37.4 Å². The monoisotopic (exact) mass is 353 g/mol. The fraction of sp³-hybridized carbons (Fsp3) is 0.650. The van der Waals surface area contributed by atoms with Gasteiger partial charge in [-0.05, 0) is 63.6 Å². The summed E-state index contributed by atoms with van der Waals surface area (Å²) < 4.78 is 21.9. The standard InChI is InChI=1S/C20H35NO2S/c1-7-13-21(16-24(22)23)14-12-18(5)19(6)15-20(9-3)11-10-17(4)8-2/h10-11,15,18,20,24H,2,7,9,12-14,16H2,1,3-6H3/b11-10-,19-15+. The summed E-state index contributed by atoms with van der Waals surface area (Å²) in [7, 11) is -2.34. The summed E-state index contributed by atoms with van der Waals surface area (Å²) in [4.78, 5) is 2.03. The lowest BCUT2D eigenvalue weighted by atomic mass is 9.93. The van der Waals surface area contributed by atoms with Crippen LogP contribution in [-0.2, 0) is 10.7 Å². The molecule has 0 rings (SSSR count). The maximum absolute atomic E-state index is 11.0. The number of allylic oxidation sites excluding steroid dienone is 5. The summed E-state index contributed by atoms with van der Waals surface area (Å²) in [6.45, 7) is 16.0. The van der Waals surface area contributed by atoms with Gasteiger partial charge in [-0.25, -0.2) is 8.42 Å². The lowest BCUT2D eigenvalue weighted by Crippen LogP contribution is -2.28. The molecule has 2 unspecified atom stereocenters. The van der Waals surface area contributed by atoms with E-state index in [9.17, 15) is 8.42 Å². The highest BCUT2D eigenvalue weighted by Gasteiger charge is 2.10. The van der Waals surface area contributed by atoms with Gasteiger partial charge in [0.05, 0.1) is 5.88 Å². The first-order chi connectivity index (χ1) is 11.3. The Kier molecular flexibility index (Phi) is 12.6. The second-order valence-corrected chi connectivity index (χ2v) is 7.43. The van der Waals surface area contributed by atoms with Crippen molar-refractivity contribution in [1.29, 1.82) is 0 Å². The normalized spacial score (nSPS) is 15.0. The molecule has 0 saturated carbocycles. The van der Waals surface area contributed by atoms with Gasteiger partial charge in [-0.1, -0.05) is 51.2 Å². The Bertz CT molecular complexity index is 532. The first-order valence-corrected chi connectivity index (χ1v) is 10.3. The molecule has 2 atom stereocenters. The number of rotatable bonds is 12. The van der Waals surface area contributed by atoms with Crippen LogP contribution in [0, 0.1) is 11.8 Å². The Morgan fingerprint density at radius 1 is 1.25 bits per heavy atom. The van der Waals surface area contributed by atoms with Gasteiger partial charge in [0, 0.05) is 0 Å². The highest BCUT2D eigenvalue weighted by Crippen LogP contribution is 2.19. The lowest BCUT2D eigenvalue weighted by Gasteiger charge is -2.22. The van der Waals surface area contributed by atoms with E-state index in [2.05, 4.69) is 58.2 Å². The maximum atomic E-state index is 11.0. The molecule has 3 nitrogen and oxygen atoms in total. The van der Waals surface area contributed by atoms with E-state index in [1.165, 1.54) is 5.57 Å². The molecule has 138 valence electrons. The summed E-state index contributed by atoms with van der Waals surface area (Å²) in [6, 6.07) is 0. The Balaban J connectivity index is 4.73. The SMILES string of the molecule is C=C=C(C)/C=C\C(/C=C(\C)C(C)CCN(CCC)C[SH](=O)=O)CC. The van der Waals surface area contributed by atoms with Crippen molar-refractivity contribution in [3.05, 3.63) is 41.7 Å². The van der Waals surface area contributed by atoms with Crippen molar-refractivity contribution in [1.82, 2.24) is 4.90 Å². The maximum Gasteiger partial charge on any atom is 0.153 e. The summed E-state index contributed by atoms with van der Waals surface area (Å²) in [5, 5.41) is 0. The Morgan fingerprint density at radius 3 is 2.42 bits per heavy atom. The zero-order chi connectivity index (χ0) is 18.5. The fourth-order valence-electron chi connectivity index (χ4n) is 2.47. The molecule has 0 aliphatic heterocycles. The molecule has 0 aromatic rings. The van der Waals surface area contributed by atoms with Gasteiger partial charge in [0.1, 0.15) is 0 Å². The van der Waals surface area contributed by atoms with Crippen molar-refractivity contribution in [2.75, 3.05) is 19.0 Å². The number of nitrogens with zero attached hydrogens (tertiary/aromatic N) is 1. The zero-order valence-corrected chi connectivity index (χ0v) is 16.9. The highest BCUT2D eigenvalue weighted by atomic mass is 32.2. The van der Waals surface area contributed by atoms with E-state index >= 15 is 0 Å². The van der Waals surface area contributed by atoms with E-state index in [0.717, 1.165) is 37.9 Å². The van der Waals surface area contributed by atoms with Crippen molar-refractivity contribution < 1.29 is 8.42 Å². The summed E-state index contributed by atoms with van der Waals surface area (Å²) >= 11 is 0.